The fraction of sp³-hybridized carbons (Fsp3) is 0. The van der Waals surface area contributed by atoms with E-state index in [-0.39, 0.29) is 9.37 Å². The number of benzene rings is 1. The summed E-state index contributed by atoms with van der Waals surface area (Å²) < 4.78 is 35.1. The average molecular weight is 333 g/mol. The highest BCUT2D eigenvalue weighted by Crippen LogP contribution is 2.30. The van der Waals surface area contributed by atoms with E-state index >= 15 is 0 Å². The lowest BCUT2D eigenvalue weighted by molar-refractivity contribution is 0.591. The number of halogens is 3. The summed E-state index contributed by atoms with van der Waals surface area (Å²) in [5.41, 5.74) is 0. The van der Waals surface area contributed by atoms with Crippen molar-refractivity contribution in [2.75, 3.05) is 0 Å². The van der Waals surface area contributed by atoms with Gasteiger partial charge in [0, 0.05) is 4.47 Å². The van der Waals surface area contributed by atoms with Gasteiger partial charge in [-0.1, -0.05) is 0 Å². The third kappa shape index (κ3) is 2.49. The Labute approximate surface area is 91.4 Å². The molecule has 0 saturated heterocycles. The quantitative estimate of drug-likeness (QED) is 0.799. The van der Waals surface area contributed by atoms with Gasteiger partial charge in [-0.3, -0.25) is 0 Å². The highest BCUT2D eigenvalue weighted by Gasteiger charge is 2.16. The van der Waals surface area contributed by atoms with Gasteiger partial charge in [-0.2, -0.15) is 0 Å². The standard InChI is InChI=1S/C6H4Br2FNO2S/c7-4-1-3(9)2-5(6(4)8)13(10,11)12/h1-2H,(H2,10,11,12). The highest BCUT2D eigenvalue weighted by molar-refractivity contribution is 9.13. The highest BCUT2D eigenvalue weighted by atomic mass is 79.9. The van der Waals surface area contributed by atoms with Crippen LogP contribution in [0.1, 0.15) is 0 Å². The molecule has 1 aromatic rings. The van der Waals surface area contributed by atoms with Crippen molar-refractivity contribution in [3.8, 4) is 0 Å². The summed E-state index contributed by atoms with van der Waals surface area (Å²) in [7, 11) is -3.90. The third-order valence-corrected chi connectivity index (χ3v) is 4.48. The molecule has 3 nitrogen and oxygen atoms in total. The fourth-order valence-corrected chi connectivity index (χ4v) is 2.85. The van der Waals surface area contributed by atoms with Crippen LogP contribution >= 0.6 is 31.9 Å². The predicted octanol–water partition coefficient (Wildman–Crippen LogP) is 2.00. The second-order valence-corrected chi connectivity index (χ2v) is 5.42. The van der Waals surface area contributed by atoms with Gasteiger partial charge in [0.05, 0.1) is 9.37 Å². The van der Waals surface area contributed by atoms with Crippen LogP contribution in [-0.4, -0.2) is 8.42 Å². The molecule has 13 heavy (non-hydrogen) atoms. The Morgan fingerprint density at radius 2 is 1.85 bits per heavy atom. The van der Waals surface area contributed by atoms with Crippen LogP contribution in [0, 0.1) is 5.82 Å². The first-order valence-corrected chi connectivity index (χ1v) is 6.13. The minimum Gasteiger partial charge on any atom is -0.225 e. The summed E-state index contributed by atoms with van der Waals surface area (Å²) in [6.45, 7) is 0. The molecule has 2 N–H and O–H groups in total. The molecular weight excluding hydrogens is 329 g/mol. The Kier molecular flexibility index (Phi) is 3.11. The van der Waals surface area contributed by atoms with Gasteiger partial charge in [-0.15, -0.1) is 0 Å². The molecule has 0 unspecified atom stereocenters. The molecule has 0 heterocycles. The van der Waals surface area contributed by atoms with Gasteiger partial charge in [0.15, 0.2) is 0 Å². The molecule has 0 fully saturated rings. The van der Waals surface area contributed by atoms with Crippen molar-refractivity contribution in [1.29, 1.82) is 0 Å². The van der Waals surface area contributed by atoms with Gasteiger partial charge in [0.25, 0.3) is 0 Å². The third-order valence-electron chi connectivity index (χ3n) is 1.27. The predicted molar refractivity (Wildman–Crippen MR) is 53.2 cm³/mol. The van der Waals surface area contributed by atoms with E-state index in [0.29, 0.717) is 4.47 Å². The van der Waals surface area contributed by atoms with Gasteiger partial charge in [-0.25, -0.2) is 17.9 Å². The van der Waals surface area contributed by atoms with Gasteiger partial charge in [0.1, 0.15) is 5.82 Å². The maximum Gasteiger partial charge on any atom is 0.239 e. The number of hydrogen-bond donors (Lipinski definition) is 1. The molecule has 0 aliphatic rings. The summed E-state index contributed by atoms with van der Waals surface area (Å²) >= 11 is 5.96. The second kappa shape index (κ2) is 3.64. The fourth-order valence-electron chi connectivity index (χ4n) is 0.739. The summed E-state index contributed by atoms with van der Waals surface area (Å²) in [5, 5.41) is 4.85. The molecule has 0 aliphatic heterocycles. The van der Waals surface area contributed by atoms with E-state index in [1.165, 1.54) is 0 Å². The SMILES string of the molecule is NS(=O)(=O)c1cc(F)cc(Br)c1Br. The number of nitrogens with two attached hydrogens (primary N) is 1. The minimum atomic E-state index is -3.90. The van der Waals surface area contributed by atoms with E-state index in [1.54, 1.807) is 0 Å². The lowest BCUT2D eigenvalue weighted by Gasteiger charge is -2.03. The molecule has 72 valence electrons. The molecule has 0 atom stereocenters. The van der Waals surface area contributed by atoms with E-state index in [0.717, 1.165) is 12.1 Å². The molecule has 0 aliphatic carbocycles. The lowest BCUT2D eigenvalue weighted by Crippen LogP contribution is -2.13. The Morgan fingerprint density at radius 3 is 2.31 bits per heavy atom. The summed E-state index contributed by atoms with van der Waals surface area (Å²) in [5.74, 6) is -0.668. The largest absolute Gasteiger partial charge is 0.239 e. The van der Waals surface area contributed by atoms with Crippen LogP contribution in [0.25, 0.3) is 0 Å². The number of rotatable bonds is 1. The topological polar surface area (TPSA) is 60.2 Å². The van der Waals surface area contributed by atoms with Crippen LogP contribution in [0.4, 0.5) is 4.39 Å². The van der Waals surface area contributed by atoms with E-state index in [2.05, 4.69) is 31.9 Å². The van der Waals surface area contributed by atoms with Crippen molar-refractivity contribution < 1.29 is 12.8 Å². The normalized spacial score (nSPS) is 11.7. The maximum atomic E-state index is 12.8. The average Bonchev–Trinajstić information content (AvgIpc) is 1.94. The van der Waals surface area contributed by atoms with Gasteiger partial charge < -0.3 is 0 Å². The monoisotopic (exact) mass is 331 g/mol. The van der Waals surface area contributed by atoms with Crippen molar-refractivity contribution in [2.45, 2.75) is 4.90 Å². The summed E-state index contributed by atoms with van der Waals surface area (Å²) in [4.78, 5) is -0.278. The zero-order valence-corrected chi connectivity index (χ0v) is 10.1. The number of primary sulfonamides is 1. The first kappa shape index (κ1) is 11.1. The number of sulfonamides is 1. The second-order valence-electron chi connectivity index (χ2n) is 2.24. The van der Waals surface area contributed by atoms with Gasteiger partial charge in [-0.05, 0) is 44.0 Å². The van der Waals surface area contributed by atoms with Crippen molar-refractivity contribution in [3.05, 3.63) is 26.9 Å². The zero-order valence-electron chi connectivity index (χ0n) is 6.09. The minimum absolute atomic E-state index is 0.219. The lowest BCUT2D eigenvalue weighted by atomic mass is 10.3. The smallest absolute Gasteiger partial charge is 0.225 e. The summed E-state index contributed by atoms with van der Waals surface area (Å²) in [6, 6.07) is 1.99. The van der Waals surface area contributed by atoms with Crippen LogP contribution in [-0.2, 0) is 10.0 Å². The molecule has 0 spiro atoms. The maximum absolute atomic E-state index is 12.8. The molecule has 0 aromatic heterocycles. The summed E-state index contributed by atoms with van der Waals surface area (Å²) in [6.07, 6.45) is 0. The Bertz CT molecular complexity index is 446. The van der Waals surface area contributed by atoms with Crippen molar-refractivity contribution in [2.24, 2.45) is 5.14 Å². The molecule has 7 heteroatoms. The molecular formula is C6H4Br2FNO2S. The van der Waals surface area contributed by atoms with E-state index in [1.807, 2.05) is 0 Å². The van der Waals surface area contributed by atoms with Gasteiger partial charge >= 0.3 is 0 Å². The van der Waals surface area contributed by atoms with Crippen molar-refractivity contribution >= 4 is 41.9 Å². The van der Waals surface area contributed by atoms with Crippen LogP contribution < -0.4 is 5.14 Å². The van der Waals surface area contributed by atoms with Crippen LogP contribution in [0.2, 0.25) is 0 Å². The molecule has 0 bridgehead atoms. The van der Waals surface area contributed by atoms with Crippen LogP contribution in [0.5, 0.6) is 0 Å². The van der Waals surface area contributed by atoms with E-state index in [9.17, 15) is 12.8 Å². The van der Waals surface area contributed by atoms with Crippen LogP contribution in [0.3, 0.4) is 0 Å². The first-order chi connectivity index (χ1) is 5.82. The Morgan fingerprint density at radius 1 is 1.31 bits per heavy atom. The van der Waals surface area contributed by atoms with Crippen molar-refractivity contribution in [1.82, 2.24) is 0 Å². The first-order valence-electron chi connectivity index (χ1n) is 2.99. The Hall–Kier alpha value is 0.0200. The Balaban J connectivity index is 3.56. The molecule has 0 saturated carbocycles. The number of hydrogen-bond acceptors (Lipinski definition) is 2. The van der Waals surface area contributed by atoms with E-state index in [4.69, 9.17) is 5.14 Å². The van der Waals surface area contributed by atoms with Gasteiger partial charge in [0.2, 0.25) is 10.0 Å². The molecule has 0 radical (unpaired) electrons. The molecule has 1 aromatic carbocycles. The van der Waals surface area contributed by atoms with Crippen LogP contribution in [0.15, 0.2) is 26.0 Å². The van der Waals surface area contributed by atoms with E-state index < -0.39 is 15.8 Å². The molecule has 0 amide bonds. The molecule has 1 rings (SSSR count). The zero-order chi connectivity index (χ0) is 10.2. The van der Waals surface area contributed by atoms with Crippen molar-refractivity contribution in [3.63, 3.8) is 0 Å².